The Balaban J connectivity index is 2.63. The van der Waals surface area contributed by atoms with Crippen molar-refractivity contribution in [3.05, 3.63) is 28.0 Å². The Bertz CT molecular complexity index is 460. The van der Waals surface area contributed by atoms with E-state index in [4.69, 9.17) is 4.74 Å². The molecular weight excluding hydrogens is 333 g/mol. The molecule has 0 radical (unpaired) electrons. The molecule has 0 aliphatic rings. The smallest absolute Gasteiger partial charge is 0.141 e. The molecule has 1 rings (SSSR count). The van der Waals surface area contributed by atoms with Crippen LogP contribution in [0.2, 0.25) is 0 Å². The number of nitrogens with one attached hydrogen (secondary N) is 1. The van der Waals surface area contributed by atoms with E-state index in [0.717, 1.165) is 31.4 Å². The maximum absolute atomic E-state index is 13.5. The lowest BCUT2D eigenvalue weighted by Crippen LogP contribution is -2.28. The first-order valence-corrected chi connectivity index (χ1v) is 8.30. The molecule has 0 bridgehead atoms. The van der Waals surface area contributed by atoms with E-state index in [1.165, 1.54) is 6.07 Å². The zero-order valence-corrected chi connectivity index (χ0v) is 15.3. The monoisotopic (exact) mass is 359 g/mol. The molecule has 1 aromatic rings. The summed E-state index contributed by atoms with van der Waals surface area (Å²) in [7, 11) is 1.59. The van der Waals surface area contributed by atoms with Crippen LogP contribution in [0.15, 0.2) is 16.6 Å². The van der Waals surface area contributed by atoms with Crippen LogP contribution in [0.25, 0.3) is 0 Å². The van der Waals surface area contributed by atoms with Crippen LogP contribution in [0, 0.1) is 11.2 Å². The van der Waals surface area contributed by atoms with E-state index in [1.807, 2.05) is 6.07 Å². The molecule has 1 N–H and O–H groups in total. The number of halogens is 2. The molecule has 0 heterocycles. The topological polar surface area (TPSA) is 21.3 Å². The fourth-order valence-electron chi connectivity index (χ4n) is 2.25. The second-order valence-electron chi connectivity index (χ2n) is 6.60. The van der Waals surface area contributed by atoms with Gasteiger partial charge >= 0.3 is 0 Å². The standard InChI is InChI=1S/C17H27BrFNO/c1-12(2)20-9-8-17(3,4)7-6-13-10-14(18)15(19)11-16(13)21-5/h10-12,20H,6-9H2,1-5H3. The Kier molecular flexibility index (Phi) is 7.14. The maximum atomic E-state index is 13.5. The third-order valence-electron chi connectivity index (χ3n) is 3.75. The Morgan fingerprint density at radius 1 is 1.29 bits per heavy atom. The summed E-state index contributed by atoms with van der Waals surface area (Å²) < 4.78 is 19.3. The first-order chi connectivity index (χ1) is 9.75. The highest BCUT2D eigenvalue weighted by atomic mass is 79.9. The molecule has 0 aliphatic carbocycles. The number of benzene rings is 1. The van der Waals surface area contributed by atoms with Crippen molar-refractivity contribution in [2.75, 3.05) is 13.7 Å². The van der Waals surface area contributed by atoms with Gasteiger partial charge in [0.2, 0.25) is 0 Å². The molecular formula is C17H27BrFNO. The Morgan fingerprint density at radius 3 is 2.52 bits per heavy atom. The van der Waals surface area contributed by atoms with E-state index < -0.39 is 0 Å². The average Bonchev–Trinajstić information content (AvgIpc) is 2.39. The lowest BCUT2D eigenvalue weighted by Gasteiger charge is -2.26. The minimum absolute atomic E-state index is 0.244. The summed E-state index contributed by atoms with van der Waals surface area (Å²) in [4.78, 5) is 0. The number of rotatable bonds is 8. The highest BCUT2D eigenvalue weighted by molar-refractivity contribution is 9.10. The van der Waals surface area contributed by atoms with Crippen LogP contribution in [0.5, 0.6) is 5.75 Å². The van der Waals surface area contributed by atoms with Gasteiger partial charge in [-0.25, -0.2) is 4.39 Å². The lowest BCUT2D eigenvalue weighted by atomic mass is 9.83. The maximum Gasteiger partial charge on any atom is 0.141 e. The molecule has 0 saturated heterocycles. The number of hydrogen-bond acceptors (Lipinski definition) is 2. The summed E-state index contributed by atoms with van der Waals surface area (Å²) in [5, 5.41) is 3.46. The second-order valence-corrected chi connectivity index (χ2v) is 7.46. The van der Waals surface area contributed by atoms with Crippen molar-refractivity contribution < 1.29 is 9.13 Å². The molecule has 0 atom stereocenters. The largest absolute Gasteiger partial charge is 0.496 e. The number of methoxy groups -OCH3 is 1. The van der Waals surface area contributed by atoms with Crippen LogP contribution >= 0.6 is 15.9 Å². The van der Waals surface area contributed by atoms with E-state index in [9.17, 15) is 4.39 Å². The van der Waals surface area contributed by atoms with Crippen LogP contribution in [-0.4, -0.2) is 19.7 Å². The fourth-order valence-corrected chi connectivity index (χ4v) is 2.64. The molecule has 21 heavy (non-hydrogen) atoms. The van der Waals surface area contributed by atoms with Gasteiger partial charge in [-0.15, -0.1) is 0 Å². The molecule has 0 spiro atoms. The van der Waals surface area contributed by atoms with Crippen LogP contribution in [-0.2, 0) is 6.42 Å². The van der Waals surface area contributed by atoms with Crippen LogP contribution in [0.4, 0.5) is 4.39 Å². The van der Waals surface area contributed by atoms with Gasteiger partial charge in [-0.05, 0) is 58.8 Å². The molecule has 2 nitrogen and oxygen atoms in total. The van der Waals surface area contributed by atoms with Gasteiger partial charge in [0.1, 0.15) is 11.6 Å². The van der Waals surface area contributed by atoms with Crippen LogP contribution in [0.1, 0.15) is 46.1 Å². The molecule has 0 amide bonds. The quantitative estimate of drug-likeness (QED) is 0.709. The highest BCUT2D eigenvalue weighted by Crippen LogP contribution is 2.32. The molecule has 0 aliphatic heterocycles. The van der Waals surface area contributed by atoms with Crippen molar-refractivity contribution in [2.45, 2.75) is 53.0 Å². The normalized spacial score (nSPS) is 12.0. The molecule has 1 aromatic carbocycles. The van der Waals surface area contributed by atoms with E-state index in [-0.39, 0.29) is 11.2 Å². The van der Waals surface area contributed by atoms with Crippen LogP contribution < -0.4 is 10.1 Å². The van der Waals surface area contributed by atoms with Gasteiger partial charge in [0.05, 0.1) is 11.6 Å². The SMILES string of the molecule is COc1cc(F)c(Br)cc1CCC(C)(C)CCNC(C)C. The van der Waals surface area contributed by atoms with Crippen molar-refractivity contribution in [3.63, 3.8) is 0 Å². The van der Waals surface area contributed by atoms with Gasteiger partial charge in [-0.1, -0.05) is 27.7 Å². The summed E-state index contributed by atoms with van der Waals surface area (Å²) >= 11 is 3.25. The minimum Gasteiger partial charge on any atom is -0.496 e. The average molecular weight is 360 g/mol. The van der Waals surface area contributed by atoms with Gasteiger partial charge in [-0.2, -0.15) is 0 Å². The predicted octanol–water partition coefficient (Wildman–Crippen LogP) is 4.94. The van der Waals surface area contributed by atoms with E-state index >= 15 is 0 Å². The van der Waals surface area contributed by atoms with Gasteiger partial charge < -0.3 is 10.1 Å². The van der Waals surface area contributed by atoms with E-state index in [1.54, 1.807) is 7.11 Å². The van der Waals surface area contributed by atoms with Crippen molar-refractivity contribution in [1.29, 1.82) is 0 Å². The second kappa shape index (κ2) is 8.14. The van der Waals surface area contributed by atoms with Gasteiger partial charge in [0, 0.05) is 12.1 Å². The summed E-state index contributed by atoms with van der Waals surface area (Å²) in [6, 6.07) is 3.80. The first-order valence-electron chi connectivity index (χ1n) is 7.50. The fraction of sp³-hybridized carbons (Fsp3) is 0.647. The molecule has 0 fully saturated rings. The Labute approximate surface area is 136 Å². The number of ether oxygens (including phenoxy) is 1. The lowest BCUT2D eigenvalue weighted by molar-refractivity contribution is 0.296. The van der Waals surface area contributed by atoms with Crippen molar-refractivity contribution >= 4 is 15.9 Å². The summed E-state index contributed by atoms with van der Waals surface area (Å²) in [6.07, 6.45) is 3.05. The van der Waals surface area contributed by atoms with Crippen molar-refractivity contribution in [3.8, 4) is 5.75 Å². The Morgan fingerprint density at radius 2 is 1.95 bits per heavy atom. The van der Waals surface area contributed by atoms with Crippen LogP contribution in [0.3, 0.4) is 0 Å². The zero-order chi connectivity index (χ0) is 16.0. The third kappa shape index (κ3) is 6.35. The summed E-state index contributed by atoms with van der Waals surface area (Å²) in [6.45, 7) is 9.90. The number of aryl methyl sites for hydroxylation is 1. The summed E-state index contributed by atoms with van der Waals surface area (Å²) in [5.41, 5.74) is 1.30. The van der Waals surface area contributed by atoms with Crippen molar-refractivity contribution in [2.24, 2.45) is 5.41 Å². The summed E-state index contributed by atoms with van der Waals surface area (Å²) in [5.74, 6) is 0.350. The highest BCUT2D eigenvalue weighted by Gasteiger charge is 2.19. The van der Waals surface area contributed by atoms with Gasteiger partial charge in [0.25, 0.3) is 0 Å². The van der Waals surface area contributed by atoms with E-state index in [2.05, 4.69) is 48.9 Å². The molecule has 0 saturated carbocycles. The van der Waals surface area contributed by atoms with Gasteiger partial charge in [0.15, 0.2) is 0 Å². The first kappa shape index (κ1) is 18.4. The molecule has 120 valence electrons. The van der Waals surface area contributed by atoms with Gasteiger partial charge in [-0.3, -0.25) is 0 Å². The minimum atomic E-state index is -0.281. The zero-order valence-electron chi connectivity index (χ0n) is 13.7. The third-order valence-corrected chi connectivity index (χ3v) is 4.36. The van der Waals surface area contributed by atoms with E-state index in [0.29, 0.717) is 16.3 Å². The molecule has 4 heteroatoms. The molecule has 0 aromatic heterocycles. The predicted molar refractivity (Wildman–Crippen MR) is 90.5 cm³/mol. The molecule has 0 unspecified atom stereocenters. The Hall–Kier alpha value is -0.610. The van der Waals surface area contributed by atoms with Crippen molar-refractivity contribution in [1.82, 2.24) is 5.32 Å². The number of hydrogen-bond donors (Lipinski definition) is 1.